The lowest BCUT2D eigenvalue weighted by Crippen LogP contribution is -2.46. The van der Waals surface area contributed by atoms with Gasteiger partial charge < -0.3 is 20.2 Å². The molecule has 2 saturated heterocycles. The van der Waals surface area contributed by atoms with Gasteiger partial charge in [-0.05, 0) is 101 Å². The third-order valence-electron chi connectivity index (χ3n) is 8.47. The number of rotatable bonds is 5. The van der Waals surface area contributed by atoms with Crippen LogP contribution in [0, 0.1) is 11.2 Å². The highest BCUT2D eigenvalue weighted by molar-refractivity contribution is 5.79. The molecular formula is C30H36FN7O. The van der Waals surface area contributed by atoms with E-state index in [9.17, 15) is 9.50 Å². The molecule has 0 aliphatic carbocycles. The first kappa shape index (κ1) is 25.7. The average Bonchev–Trinajstić information content (AvgIpc) is 3.27. The van der Waals surface area contributed by atoms with Crippen LogP contribution in [0.15, 0.2) is 54.9 Å². The number of hydrogen-bond acceptors (Lipinski definition) is 7. The zero-order chi connectivity index (χ0) is 27.2. The van der Waals surface area contributed by atoms with Gasteiger partial charge >= 0.3 is 0 Å². The van der Waals surface area contributed by atoms with Crippen molar-refractivity contribution >= 4 is 28.4 Å². The molecule has 8 nitrogen and oxygen atoms in total. The molecule has 2 aliphatic rings. The molecule has 0 saturated carbocycles. The van der Waals surface area contributed by atoms with Crippen molar-refractivity contribution in [3.8, 4) is 5.82 Å². The SMILES string of the molecule is CN1CCC2(CC1)CCN(c1ccc(Nc3ncc4c(F)cn(-c5cccc(C(C)(C)O)n5)c4n3)cc1)CC2. The van der Waals surface area contributed by atoms with Gasteiger partial charge in [-0.2, -0.15) is 4.98 Å². The summed E-state index contributed by atoms with van der Waals surface area (Å²) in [5.41, 5.74) is 2.40. The second kappa shape index (κ2) is 9.88. The fourth-order valence-electron chi connectivity index (χ4n) is 5.82. The number of anilines is 3. The van der Waals surface area contributed by atoms with Crippen LogP contribution in [0.5, 0.6) is 0 Å². The number of pyridine rings is 1. The van der Waals surface area contributed by atoms with Crippen molar-refractivity contribution in [2.75, 3.05) is 43.4 Å². The number of fused-ring (bicyclic) bond motifs is 1. The largest absolute Gasteiger partial charge is 0.384 e. The van der Waals surface area contributed by atoms with E-state index in [0.717, 1.165) is 18.8 Å². The van der Waals surface area contributed by atoms with E-state index in [2.05, 4.69) is 49.2 Å². The van der Waals surface area contributed by atoms with Gasteiger partial charge in [0.1, 0.15) is 11.4 Å². The van der Waals surface area contributed by atoms with Crippen LogP contribution in [-0.4, -0.2) is 62.8 Å². The number of hydrogen-bond donors (Lipinski definition) is 2. The maximum atomic E-state index is 14.7. The first-order valence-electron chi connectivity index (χ1n) is 13.7. The topological polar surface area (TPSA) is 82.3 Å². The number of nitrogens with zero attached hydrogens (tertiary/aromatic N) is 6. The predicted octanol–water partition coefficient (Wildman–Crippen LogP) is 5.24. The van der Waals surface area contributed by atoms with E-state index in [-0.39, 0.29) is 0 Å². The van der Waals surface area contributed by atoms with Crippen molar-refractivity contribution in [3.63, 3.8) is 0 Å². The van der Waals surface area contributed by atoms with Gasteiger partial charge in [0, 0.05) is 36.9 Å². The average molecular weight is 530 g/mol. The summed E-state index contributed by atoms with van der Waals surface area (Å²) in [5.74, 6) is 0.413. The number of benzene rings is 1. The van der Waals surface area contributed by atoms with Crippen molar-refractivity contribution < 1.29 is 9.50 Å². The third kappa shape index (κ3) is 5.21. The predicted molar refractivity (Wildman–Crippen MR) is 152 cm³/mol. The molecule has 0 amide bonds. The van der Waals surface area contributed by atoms with Crippen molar-refractivity contribution in [2.45, 2.75) is 45.1 Å². The Bertz CT molecular complexity index is 1460. The maximum Gasteiger partial charge on any atom is 0.229 e. The molecule has 204 valence electrons. The Kier molecular flexibility index (Phi) is 6.51. The van der Waals surface area contributed by atoms with Crippen molar-refractivity contribution in [1.82, 2.24) is 24.4 Å². The van der Waals surface area contributed by atoms with Gasteiger partial charge in [-0.3, -0.25) is 4.57 Å². The fourth-order valence-corrected chi connectivity index (χ4v) is 5.82. The first-order chi connectivity index (χ1) is 18.7. The maximum absolute atomic E-state index is 14.7. The van der Waals surface area contributed by atoms with Gasteiger partial charge in [-0.15, -0.1) is 0 Å². The quantitative estimate of drug-likeness (QED) is 0.366. The van der Waals surface area contributed by atoms with Gasteiger partial charge in [-0.25, -0.2) is 14.4 Å². The number of piperidine rings is 2. The van der Waals surface area contributed by atoms with Gasteiger partial charge in [0.2, 0.25) is 5.95 Å². The molecule has 3 aromatic heterocycles. The molecule has 6 rings (SSSR count). The van der Waals surface area contributed by atoms with Gasteiger partial charge in [-0.1, -0.05) is 6.07 Å². The van der Waals surface area contributed by atoms with Gasteiger partial charge in [0.15, 0.2) is 11.5 Å². The second-order valence-corrected chi connectivity index (χ2v) is 11.7. The summed E-state index contributed by atoms with van der Waals surface area (Å²) in [5, 5.41) is 13.9. The molecule has 2 aliphatic heterocycles. The number of aliphatic hydroxyl groups is 1. The van der Waals surface area contributed by atoms with E-state index in [1.54, 1.807) is 36.6 Å². The fraction of sp³-hybridized carbons (Fsp3) is 0.433. The summed E-state index contributed by atoms with van der Waals surface area (Å²) >= 11 is 0. The summed E-state index contributed by atoms with van der Waals surface area (Å²) < 4.78 is 16.3. The van der Waals surface area contributed by atoms with Crippen molar-refractivity contribution in [2.24, 2.45) is 5.41 Å². The smallest absolute Gasteiger partial charge is 0.229 e. The minimum atomic E-state index is -1.12. The molecule has 0 unspecified atom stereocenters. The van der Waals surface area contributed by atoms with Crippen LogP contribution < -0.4 is 10.2 Å². The van der Waals surface area contributed by atoms with E-state index in [1.165, 1.54) is 56.9 Å². The standard InChI is InChI=1S/C30H36FN7O/c1-29(2,39)25-5-4-6-26(34-25)38-20-24(31)23-19-32-28(35-27(23)38)33-21-7-9-22(10-8-21)37-17-13-30(14-18-37)11-15-36(3)16-12-30/h4-10,19-20,39H,11-18H2,1-3H3,(H,32,33,35). The molecule has 0 radical (unpaired) electrons. The normalized spacial score (nSPS) is 18.1. The molecule has 5 heterocycles. The molecular weight excluding hydrogens is 493 g/mol. The van der Waals surface area contributed by atoms with Crippen molar-refractivity contribution in [3.05, 3.63) is 66.4 Å². The Labute approximate surface area is 228 Å². The summed E-state index contributed by atoms with van der Waals surface area (Å²) in [6.07, 6.45) is 7.99. The monoisotopic (exact) mass is 529 g/mol. The number of halogens is 1. The zero-order valence-electron chi connectivity index (χ0n) is 22.9. The lowest BCUT2D eigenvalue weighted by Gasteiger charge is -2.46. The van der Waals surface area contributed by atoms with Crippen LogP contribution >= 0.6 is 0 Å². The van der Waals surface area contributed by atoms with Crippen LogP contribution in [0.2, 0.25) is 0 Å². The molecule has 0 atom stereocenters. The van der Waals surface area contributed by atoms with Crippen LogP contribution in [-0.2, 0) is 5.60 Å². The Hall–Kier alpha value is -3.56. The minimum Gasteiger partial charge on any atom is -0.384 e. The summed E-state index contributed by atoms with van der Waals surface area (Å²) in [6, 6.07) is 13.7. The van der Waals surface area contributed by atoms with Crippen LogP contribution in [0.3, 0.4) is 0 Å². The number of nitrogens with one attached hydrogen (secondary N) is 1. The lowest BCUT2D eigenvalue weighted by molar-refractivity contribution is 0.0738. The number of likely N-dealkylation sites (tertiary alicyclic amines) is 1. The Morgan fingerprint density at radius 1 is 0.949 bits per heavy atom. The molecule has 1 aromatic carbocycles. The van der Waals surface area contributed by atoms with E-state index in [4.69, 9.17) is 0 Å². The zero-order valence-corrected chi connectivity index (χ0v) is 22.9. The highest BCUT2D eigenvalue weighted by Crippen LogP contribution is 2.42. The van der Waals surface area contributed by atoms with E-state index in [1.807, 2.05) is 12.1 Å². The minimum absolute atomic E-state index is 0.304. The molecule has 39 heavy (non-hydrogen) atoms. The van der Waals surface area contributed by atoms with Gasteiger partial charge in [0.05, 0.1) is 11.1 Å². The molecule has 0 bridgehead atoms. The molecule has 9 heteroatoms. The Balaban J connectivity index is 1.18. The summed E-state index contributed by atoms with van der Waals surface area (Å²) in [4.78, 5) is 18.4. The van der Waals surface area contributed by atoms with E-state index < -0.39 is 11.4 Å². The number of aromatic nitrogens is 4. The highest BCUT2D eigenvalue weighted by atomic mass is 19.1. The summed E-state index contributed by atoms with van der Waals surface area (Å²) in [6.45, 7) is 7.97. The molecule has 2 N–H and O–H groups in total. The summed E-state index contributed by atoms with van der Waals surface area (Å²) in [7, 11) is 2.23. The first-order valence-corrected chi connectivity index (χ1v) is 13.7. The van der Waals surface area contributed by atoms with E-state index >= 15 is 0 Å². The molecule has 4 aromatic rings. The Morgan fingerprint density at radius 2 is 1.64 bits per heavy atom. The third-order valence-corrected chi connectivity index (χ3v) is 8.47. The van der Waals surface area contributed by atoms with Crippen molar-refractivity contribution in [1.29, 1.82) is 0 Å². The highest BCUT2D eigenvalue weighted by Gasteiger charge is 2.36. The lowest BCUT2D eigenvalue weighted by atomic mass is 9.71. The van der Waals surface area contributed by atoms with Gasteiger partial charge in [0.25, 0.3) is 0 Å². The molecule has 1 spiro atoms. The Morgan fingerprint density at radius 3 is 2.33 bits per heavy atom. The van der Waals surface area contributed by atoms with Crippen LogP contribution in [0.4, 0.5) is 21.7 Å². The van der Waals surface area contributed by atoms with Crippen LogP contribution in [0.25, 0.3) is 16.9 Å². The van der Waals surface area contributed by atoms with Crippen LogP contribution in [0.1, 0.15) is 45.2 Å². The van der Waals surface area contributed by atoms with E-state index in [0.29, 0.717) is 33.9 Å². The molecule has 2 fully saturated rings. The second-order valence-electron chi connectivity index (χ2n) is 11.7.